The predicted octanol–water partition coefficient (Wildman–Crippen LogP) is 4.48. The quantitative estimate of drug-likeness (QED) is 0.568. The molecule has 0 aromatic heterocycles. The maximum atomic E-state index is 12.7. The Morgan fingerprint density at radius 2 is 1.96 bits per heavy atom. The fourth-order valence-corrected chi connectivity index (χ4v) is 4.09. The molecule has 0 bridgehead atoms. The summed E-state index contributed by atoms with van der Waals surface area (Å²) in [5.41, 5.74) is 2.22. The van der Waals surface area contributed by atoms with Gasteiger partial charge in [-0.25, -0.2) is 0 Å². The second kappa shape index (κ2) is 7.51. The number of hydrogen-bond donors (Lipinski definition) is 1. The third kappa shape index (κ3) is 4.18. The van der Waals surface area contributed by atoms with Crippen LogP contribution < -0.4 is 4.90 Å². The fourth-order valence-electron chi connectivity index (χ4n) is 2.38. The standard InChI is InChI=1S/C18H12BrNO3S2/c19-13-3-1-2-12(8-13)9-15-17(23)20(18(24)25-15)14-6-4-11(5-7-14)10-16(21)22/h1-9H,10H2,(H,21,22)/b15-9-. The van der Waals surface area contributed by atoms with Crippen molar-refractivity contribution in [1.82, 2.24) is 0 Å². The lowest BCUT2D eigenvalue weighted by molar-refractivity contribution is -0.136. The van der Waals surface area contributed by atoms with Crippen LogP contribution in [0.2, 0.25) is 0 Å². The van der Waals surface area contributed by atoms with Crippen molar-refractivity contribution in [3.63, 3.8) is 0 Å². The molecule has 4 nitrogen and oxygen atoms in total. The highest BCUT2D eigenvalue weighted by Gasteiger charge is 2.33. The monoisotopic (exact) mass is 433 g/mol. The summed E-state index contributed by atoms with van der Waals surface area (Å²) < 4.78 is 1.39. The molecular formula is C18H12BrNO3S2. The van der Waals surface area contributed by atoms with E-state index in [1.807, 2.05) is 30.3 Å². The molecule has 0 aliphatic carbocycles. The SMILES string of the molecule is O=C(O)Cc1ccc(N2C(=O)/C(=C/c3cccc(Br)c3)SC2=S)cc1. The second-order valence-corrected chi connectivity index (χ2v) is 7.90. The number of anilines is 1. The summed E-state index contributed by atoms with van der Waals surface area (Å²) in [4.78, 5) is 25.5. The van der Waals surface area contributed by atoms with E-state index in [-0.39, 0.29) is 12.3 Å². The molecule has 1 aliphatic rings. The molecule has 0 atom stereocenters. The number of nitrogens with zero attached hydrogens (tertiary/aromatic N) is 1. The van der Waals surface area contributed by atoms with Crippen LogP contribution in [-0.2, 0) is 16.0 Å². The Balaban J connectivity index is 1.85. The van der Waals surface area contributed by atoms with Crippen LogP contribution in [0.25, 0.3) is 6.08 Å². The molecule has 3 rings (SSSR count). The van der Waals surface area contributed by atoms with Crippen LogP contribution in [-0.4, -0.2) is 21.3 Å². The van der Waals surface area contributed by atoms with Crippen molar-refractivity contribution in [3.8, 4) is 0 Å². The number of benzene rings is 2. The predicted molar refractivity (Wildman–Crippen MR) is 108 cm³/mol. The largest absolute Gasteiger partial charge is 0.481 e. The molecule has 0 saturated carbocycles. The van der Waals surface area contributed by atoms with Crippen LogP contribution >= 0.6 is 39.9 Å². The first kappa shape index (κ1) is 17.8. The van der Waals surface area contributed by atoms with Crippen molar-refractivity contribution in [2.45, 2.75) is 6.42 Å². The third-order valence-corrected chi connectivity index (χ3v) is 5.29. The fraction of sp³-hybridized carbons (Fsp3) is 0.0556. The van der Waals surface area contributed by atoms with Gasteiger partial charge < -0.3 is 5.11 Å². The van der Waals surface area contributed by atoms with E-state index in [4.69, 9.17) is 17.3 Å². The minimum Gasteiger partial charge on any atom is -0.481 e. The number of carboxylic acids is 1. The van der Waals surface area contributed by atoms with Gasteiger partial charge in [0.1, 0.15) is 0 Å². The topological polar surface area (TPSA) is 57.6 Å². The number of halogens is 1. The minimum absolute atomic E-state index is 0.0541. The highest BCUT2D eigenvalue weighted by atomic mass is 79.9. The Kier molecular flexibility index (Phi) is 5.36. The van der Waals surface area contributed by atoms with Crippen molar-refractivity contribution < 1.29 is 14.7 Å². The van der Waals surface area contributed by atoms with Gasteiger partial charge in [-0.1, -0.05) is 64.2 Å². The molecular weight excluding hydrogens is 422 g/mol. The van der Waals surface area contributed by atoms with E-state index in [1.54, 1.807) is 24.3 Å². The van der Waals surface area contributed by atoms with Gasteiger partial charge in [0.25, 0.3) is 5.91 Å². The lowest BCUT2D eigenvalue weighted by atomic mass is 10.1. The Labute approximate surface area is 162 Å². The molecule has 2 aromatic rings. The Morgan fingerprint density at radius 3 is 2.60 bits per heavy atom. The zero-order valence-electron chi connectivity index (χ0n) is 12.8. The molecule has 1 aliphatic heterocycles. The van der Waals surface area contributed by atoms with Gasteiger partial charge in [0.15, 0.2) is 4.32 Å². The Hall–Kier alpha value is -1.96. The highest BCUT2D eigenvalue weighted by Crippen LogP contribution is 2.36. The molecule has 1 amide bonds. The second-order valence-electron chi connectivity index (χ2n) is 5.31. The highest BCUT2D eigenvalue weighted by molar-refractivity contribution is 9.10. The summed E-state index contributed by atoms with van der Waals surface area (Å²) in [7, 11) is 0. The molecule has 0 spiro atoms. The minimum atomic E-state index is -0.893. The molecule has 0 unspecified atom stereocenters. The number of carbonyl (C=O) groups excluding carboxylic acids is 1. The lowest BCUT2D eigenvalue weighted by Gasteiger charge is -2.14. The van der Waals surface area contributed by atoms with Crippen LogP contribution in [0.15, 0.2) is 57.9 Å². The molecule has 25 heavy (non-hydrogen) atoms. The zero-order chi connectivity index (χ0) is 18.0. The van der Waals surface area contributed by atoms with Crippen molar-refractivity contribution >= 4 is 67.9 Å². The van der Waals surface area contributed by atoms with Crippen molar-refractivity contribution in [3.05, 3.63) is 69.0 Å². The summed E-state index contributed by atoms with van der Waals surface area (Å²) in [6.45, 7) is 0. The van der Waals surface area contributed by atoms with Crippen LogP contribution in [0.3, 0.4) is 0 Å². The molecule has 1 heterocycles. The van der Waals surface area contributed by atoms with Crippen molar-refractivity contribution in [2.24, 2.45) is 0 Å². The van der Waals surface area contributed by atoms with E-state index in [0.717, 1.165) is 10.0 Å². The van der Waals surface area contributed by atoms with Gasteiger partial charge in [0.05, 0.1) is 17.0 Å². The molecule has 1 N–H and O–H groups in total. The van der Waals surface area contributed by atoms with Gasteiger partial charge in [-0.3, -0.25) is 14.5 Å². The number of hydrogen-bond acceptors (Lipinski definition) is 4. The van der Waals surface area contributed by atoms with Gasteiger partial charge in [-0.15, -0.1) is 0 Å². The number of thioether (sulfide) groups is 1. The summed E-state index contributed by atoms with van der Waals surface area (Å²) >= 11 is 10.0. The van der Waals surface area contributed by atoms with E-state index in [0.29, 0.717) is 20.5 Å². The number of carboxylic acid groups (broad SMARTS) is 1. The normalized spacial score (nSPS) is 15.9. The van der Waals surface area contributed by atoms with E-state index in [2.05, 4.69) is 15.9 Å². The van der Waals surface area contributed by atoms with Crippen LogP contribution in [0, 0.1) is 0 Å². The van der Waals surface area contributed by atoms with E-state index in [9.17, 15) is 9.59 Å². The first-order valence-electron chi connectivity index (χ1n) is 7.28. The van der Waals surface area contributed by atoms with Gasteiger partial charge in [-0.05, 0) is 41.5 Å². The molecule has 0 radical (unpaired) electrons. The molecule has 1 fully saturated rings. The molecule has 2 aromatic carbocycles. The number of carbonyl (C=O) groups is 2. The van der Waals surface area contributed by atoms with Crippen LogP contribution in [0.4, 0.5) is 5.69 Å². The lowest BCUT2D eigenvalue weighted by Crippen LogP contribution is -2.27. The van der Waals surface area contributed by atoms with Crippen LogP contribution in [0.5, 0.6) is 0 Å². The maximum Gasteiger partial charge on any atom is 0.307 e. The summed E-state index contributed by atoms with van der Waals surface area (Å²) in [5, 5.41) is 8.83. The van der Waals surface area contributed by atoms with Gasteiger partial charge in [0.2, 0.25) is 0 Å². The number of amides is 1. The number of thiocarbonyl (C=S) groups is 1. The maximum absolute atomic E-state index is 12.7. The van der Waals surface area contributed by atoms with Gasteiger partial charge >= 0.3 is 5.97 Å². The molecule has 7 heteroatoms. The Bertz CT molecular complexity index is 893. The Morgan fingerprint density at radius 1 is 1.24 bits per heavy atom. The van der Waals surface area contributed by atoms with Gasteiger partial charge in [0, 0.05) is 4.47 Å². The third-order valence-electron chi connectivity index (χ3n) is 3.49. The summed E-state index contributed by atoms with van der Waals surface area (Å²) in [5.74, 6) is -1.07. The first-order valence-corrected chi connectivity index (χ1v) is 9.30. The average molecular weight is 434 g/mol. The molecule has 1 saturated heterocycles. The van der Waals surface area contributed by atoms with Crippen molar-refractivity contribution in [2.75, 3.05) is 4.90 Å². The van der Waals surface area contributed by atoms with Crippen LogP contribution in [0.1, 0.15) is 11.1 Å². The first-order chi connectivity index (χ1) is 11.9. The molecule has 126 valence electrons. The van der Waals surface area contributed by atoms with Gasteiger partial charge in [-0.2, -0.15) is 0 Å². The summed E-state index contributed by atoms with van der Waals surface area (Å²) in [6.07, 6.45) is 1.75. The smallest absolute Gasteiger partial charge is 0.307 e. The number of rotatable bonds is 4. The number of aliphatic carboxylic acids is 1. The summed E-state index contributed by atoms with van der Waals surface area (Å²) in [6, 6.07) is 14.5. The van der Waals surface area contributed by atoms with E-state index < -0.39 is 5.97 Å². The average Bonchev–Trinajstić information content (AvgIpc) is 2.82. The van der Waals surface area contributed by atoms with Crippen molar-refractivity contribution in [1.29, 1.82) is 0 Å². The zero-order valence-corrected chi connectivity index (χ0v) is 16.0. The van der Waals surface area contributed by atoms with E-state index in [1.165, 1.54) is 16.7 Å². The van der Waals surface area contributed by atoms with E-state index >= 15 is 0 Å².